The quantitative estimate of drug-likeness (QED) is 0.660. The molecule has 1 aliphatic heterocycles. The molecule has 1 atom stereocenters. The van der Waals surface area contributed by atoms with Crippen molar-refractivity contribution in [2.75, 3.05) is 31.6 Å². The molecule has 1 fully saturated rings. The van der Waals surface area contributed by atoms with Gasteiger partial charge >= 0.3 is 0 Å². The van der Waals surface area contributed by atoms with Crippen LogP contribution in [-0.2, 0) is 20.9 Å². The molecule has 1 heterocycles. The maximum absolute atomic E-state index is 13.1. The Morgan fingerprint density at radius 1 is 1.22 bits per heavy atom. The van der Waals surface area contributed by atoms with Gasteiger partial charge in [-0.05, 0) is 49.2 Å². The van der Waals surface area contributed by atoms with Crippen molar-refractivity contribution in [2.45, 2.75) is 26.8 Å². The van der Waals surface area contributed by atoms with Gasteiger partial charge in [0.2, 0.25) is 17.7 Å². The zero-order chi connectivity index (χ0) is 23.3. The largest absolute Gasteiger partial charge is 0.495 e. The van der Waals surface area contributed by atoms with Gasteiger partial charge in [0.05, 0.1) is 25.3 Å². The fourth-order valence-electron chi connectivity index (χ4n) is 3.75. The molecule has 2 aromatic rings. The summed E-state index contributed by atoms with van der Waals surface area (Å²) >= 11 is 5.88. The number of anilines is 1. The molecule has 0 bridgehead atoms. The molecule has 2 aromatic carbocycles. The van der Waals surface area contributed by atoms with E-state index >= 15 is 0 Å². The number of carbonyl (C=O) groups is 3. The van der Waals surface area contributed by atoms with E-state index in [0.29, 0.717) is 29.5 Å². The number of benzene rings is 2. The van der Waals surface area contributed by atoms with Gasteiger partial charge in [0.25, 0.3) is 0 Å². The maximum Gasteiger partial charge on any atom is 0.239 e. The molecule has 3 amide bonds. The van der Waals surface area contributed by atoms with Crippen LogP contribution in [0, 0.1) is 12.8 Å². The number of halogens is 1. The Morgan fingerprint density at radius 2 is 1.94 bits per heavy atom. The number of hydrogen-bond acceptors (Lipinski definition) is 4. The minimum absolute atomic E-state index is 0.0542. The topological polar surface area (TPSA) is 79.0 Å². The number of ether oxygens (including phenoxy) is 1. The molecule has 1 unspecified atom stereocenters. The predicted molar refractivity (Wildman–Crippen MR) is 124 cm³/mol. The number of carbonyl (C=O) groups excluding carboxylic acids is 3. The van der Waals surface area contributed by atoms with Crippen molar-refractivity contribution in [1.29, 1.82) is 0 Å². The highest BCUT2D eigenvalue weighted by molar-refractivity contribution is 6.30. The van der Waals surface area contributed by atoms with E-state index in [0.717, 1.165) is 11.1 Å². The molecule has 1 N–H and O–H groups in total. The molecular weight excluding hydrogens is 430 g/mol. The smallest absolute Gasteiger partial charge is 0.239 e. The molecule has 0 aliphatic carbocycles. The number of aryl methyl sites for hydroxylation is 1. The van der Waals surface area contributed by atoms with Crippen LogP contribution in [-0.4, -0.2) is 49.4 Å². The van der Waals surface area contributed by atoms with Crippen LogP contribution in [0.15, 0.2) is 42.5 Å². The second-order valence-electron chi connectivity index (χ2n) is 7.84. The number of hydrogen-bond donors (Lipinski definition) is 1. The summed E-state index contributed by atoms with van der Waals surface area (Å²) in [6.07, 6.45) is 0.110. The lowest BCUT2D eigenvalue weighted by Gasteiger charge is -2.24. The first kappa shape index (κ1) is 23.6. The first-order chi connectivity index (χ1) is 15.3. The first-order valence-electron chi connectivity index (χ1n) is 10.6. The van der Waals surface area contributed by atoms with Gasteiger partial charge in [-0.2, -0.15) is 0 Å². The number of nitrogens with one attached hydrogen (secondary N) is 1. The average molecular weight is 458 g/mol. The maximum atomic E-state index is 13.1. The average Bonchev–Trinajstić information content (AvgIpc) is 3.18. The van der Waals surface area contributed by atoms with Crippen LogP contribution in [0.2, 0.25) is 5.02 Å². The summed E-state index contributed by atoms with van der Waals surface area (Å²) in [7, 11) is 1.55. The summed E-state index contributed by atoms with van der Waals surface area (Å²) in [4.78, 5) is 41.3. The number of amides is 3. The van der Waals surface area contributed by atoms with Crippen LogP contribution >= 0.6 is 11.6 Å². The molecule has 1 saturated heterocycles. The van der Waals surface area contributed by atoms with Gasteiger partial charge < -0.3 is 19.9 Å². The summed E-state index contributed by atoms with van der Waals surface area (Å²) in [6, 6.07) is 12.8. The molecule has 7 nitrogen and oxygen atoms in total. The minimum Gasteiger partial charge on any atom is -0.495 e. The summed E-state index contributed by atoms with van der Waals surface area (Å²) in [5.74, 6) is -0.494. The van der Waals surface area contributed by atoms with E-state index in [2.05, 4.69) is 5.32 Å². The van der Waals surface area contributed by atoms with Crippen LogP contribution in [0.4, 0.5) is 5.69 Å². The van der Waals surface area contributed by atoms with Gasteiger partial charge in [0, 0.05) is 31.1 Å². The van der Waals surface area contributed by atoms with Crippen molar-refractivity contribution in [3.05, 3.63) is 58.6 Å². The van der Waals surface area contributed by atoms with Gasteiger partial charge in [0.15, 0.2) is 0 Å². The monoisotopic (exact) mass is 457 g/mol. The SMILES string of the molecule is CCN(CC(=O)NCc1ccc(Cl)cc1)C(=O)C1CC(=O)N(c2cc(C)ccc2OC)C1. The number of nitrogens with zero attached hydrogens (tertiary/aromatic N) is 2. The lowest BCUT2D eigenvalue weighted by atomic mass is 10.1. The lowest BCUT2D eigenvalue weighted by molar-refractivity contribution is -0.139. The molecule has 0 spiro atoms. The third-order valence-electron chi connectivity index (χ3n) is 5.53. The Hall–Kier alpha value is -3.06. The fraction of sp³-hybridized carbons (Fsp3) is 0.375. The summed E-state index contributed by atoms with van der Waals surface area (Å²) in [6.45, 7) is 4.70. The van der Waals surface area contributed by atoms with Crippen molar-refractivity contribution in [2.24, 2.45) is 5.92 Å². The highest BCUT2D eigenvalue weighted by atomic mass is 35.5. The molecular formula is C24H28ClN3O4. The van der Waals surface area contributed by atoms with Gasteiger partial charge in [-0.25, -0.2) is 0 Å². The van der Waals surface area contributed by atoms with E-state index in [9.17, 15) is 14.4 Å². The standard InChI is InChI=1S/C24H28ClN3O4/c1-4-27(15-22(29)26-13-17-6-8-19(25)9-7-17)24(31)18-12-23(30)28(14-18)20-11-16(2)5-10-21(20)32-3/h5-11,18H,4,12-15H2,1-3H3,(H,26,29). The minimum atomic E-state index is -0.503. The van der Waals surface area contributed by atoms with E-state index in [4.69, 9.17) is 16.3 Å². The van der Waals surface area contributed by atoms with Gasteiger partial charge in [-0.3, -0.25) is 14.4 Å². The summed E-state index contributed by atoms with van der Waals surface area (Å²) in [5, 5.41) is 3.45. The molecule has 0 radical (unpaired) electrons. The van der Waals surface area contributed by atoms with Crippen LogP contribution in [0.1, 0.15) is 24.5 Å². The van der Waals surface area contributed by atoms with E-state index in [1.807, 2.05) is 44.2 Å². The van der Waals surface area contributed by atoms with E-state index in [1.54, 1.807) is 24.1 Å². The summed E-state index contributed by atoms with van der Waals surface area (Å²) < 4.78 is 5.40. The molecule has 3 rings (SSSR count). The van der Waals surface area contributed by atoms with Crippen molar-refractivity contribution in [3.63, 3.8) is 0 Å². The van der Waals surface area contributed by atoms with Crippen LogP contribution in [0.25, 0.3) is 0 Å². The Balaban J connectivity index is 1.61. The van der Waals surface area contributed by atoms with Gasteiger partial charge in [-0.15, -0.1) is 0 Å². The Labute approximate surface area is 193 Å². The fourth-order valence-corrected chi connectivity index (χ4v) is 3.88. The summed E-state index contributed by atoms with van der Waals surface area (Å²) in [5.41, 5.74) is 2.58. The van der Waals surface area contributed by atoms with Crippen LogP contribution in [0.3, 0.4) is 0 Å². The lowest BCUT2D eigenvalue weighted by Crippen LogP contribution is -2.43. The second-order valence-corrected chi connectivity index (χ2v) is 8.27. The highest BCUT2D eigenvalue weighted by Gasteiger charge is 2.38. The van der Waals surface area contributed by atoms with Crippen molar-refractivity contribution < 1.29 is 19.1 Å². The molecule has 32 heavy (non-hydrogen) atoms. The second kappa shape index (κ2) is 10.5. The van der Waals surface area contributed by atoms with E-state index in [-0.39, 0.29) is 37.2 Å². The molecule has 8 heteroatoms. The van der Waals surface area contributed by atoms with Crippen molar-refractivity contribution >= 4 is 35.0 Å². The normalized spacial score (nSPS) is 15.6. The van der Waals surface area contributed by atoms with Crippen LogP contribution < -0.4 is 15.0 Å². The van der Waals surface area contributed by atoms with E-state index in [1.165, 1.54) is 4.90 Å². The van der Waals surface area contributed by atoms with Crippen molar-refractivity contribution in [3.8, 4) is 5.75 Å². The van der Waals surface area contributed by atoms with Crippen molar-refractivity contribution in [1.82, 2.24) is 10.2 Å². The highest BCUT2D eigenvalue weighted by Crippen LogP contribution is 2.34. The zero-order valence-electron chi connectivity index (χ0n) is 18.6. The third kappa shape index (κ3) is 5.59. The number of methoxy groups -OCH3 is 1. The molecule has 1 aliphatic rings. The number of rotatable bonds is 8. The number of likely N-dealkylation sites (N-methyl/N-ethyl adjacent to an activating group) is 1. The molecule has 170 valence electrons. The Morgan fingerprint density at radius 3 is 2.59 bits per heavy atom. The van der Waals surface area contributed by atoms with Gasteiger partial charge in [0.1, 0.15) is 5.75 Å². The predicted octanol–water partition coefficient (Wildman–Crippen LogP) is 3.17. The zero-order valence-corrected chi connectivity index (χ0v) is 19.3. The van der Waals surface area contributed by atoms with Gasteiger partial charge in [-0.1, -0.05) is 29.8 Å². The molecule has 0 aromatic heterocycles. The Kier molecular flexibility index (Phi) is 7.75. The molecule has 0 saturated carbocycles. The van der Waals surface area contributed by atoms with Crippen LogP contribution in [0.5, 0.6) is 5.75 Å². The first-order valence-corrected chi connectivity index (χ1v) is 10.9. The Bertz CT molecular complexity index is 993. The van der Waals surface area contributed by atoms with E-state index < -0.39 is 5.92 Å². The third-order valence-corrected chi connectivity index (χ3v) is 5.78.